The van der Waals surface area contributed by atoms with Gasteiger partial charge in [0.05, 0.1) is 17.2 Å². The zero-order valence-electron chi connectivity index (χ0n) is 15.1. The first-order valence-electron chi connectivity index (χ1n) is 9.58. The third-order valence-electron chi connectivity index (χ3n) is 6.57. The molecule has 1 aromatic rings. The summed E-state index contributed by atoms with van der Waals surface area (Å²) >= 11 is 0. The average molecular weight is 391 g/mol. The molecule has 0 saturated carbocycles. The maximum Gasteiger partial charge on any atom is 0.416 e. The smallest absolute Gasteiger partial charge is 0.416 e. The number of carbonyl (C=O) groups is 1. The number of alkyl halides is 3. The molecular formula is C21H20F3NO3. The van der Waals surface area contributed by atoms with Crippen LogP contribution in [0.15, 0.2) is 47.6 Å². The molecule has 1 aliphatic carbocycles. The number of hydrogen-bond acceptors (Lipinski definition) is 4. The molecule has 1 N–H and O–H groups in total. The van der Waals surface area contributed by atoms with Gasteiger partial charge in [-0.15, -0.1) is 0 Å². The maximum atomic E-state index is 12.8. The van der Waals surface area contributed by atoms with Crippen molar-refractivity contribution in [3.8, 4) is 0 Å². The monoisotopic (exact) mass is 391 g/mol. The molecule has 7 heteroatoms. The molecule has 5 rings (SSSR count). The van der Waals surface area contributed by atoms with Crippen LogP contribution in [-0.2, 0) is 15.7 Å². The van der Waals surface area contributed by atoms with E-state index in [2.05, 4.69) is 11.0 Å². The lowest BCUT2D eigenvalue weighted by molar-refractivity contribution is -0.150. The quantitative estimate of drug-likeness (QED) is 0.784. The van der Waals surface area contributed by atoms with Gasteiger partial charge in [0.2, 0.25) is 0 Å². The lowest BCUT2D eigenvalue weighted by atomic mass is 9.78. The molecular weight excluding hydrogens is 371 g/mol. The second-order valence-electron chi connectivity index (χ2n) is 8.01. The van der Waals surface area contributed by atoms with E-state index in [0.717, 1.165) is 37.9 Å². The van der Waals surface area contributed by atoms with Gasteiger partial charge in [-0.25, -0.2) is 4.79 Å². The van der Waals surface area contributed by atoms with E-state index in [-0.39, 0.29) is 23.2 Å². The highest BCUT2D eigenvalue weighted by molar-refractivity contribution is 5.96. The topological polar surface area (TPSA) is 49.8 Å². The second-order valence-corrected chi connectivity index (χ2v) is 8.01. The van der Waals surface area contributed by atoms with Crippen molar-refractivity contribution in [2.45, 2.75) is 55.6 Å². The van der Waals surface area contributed by atoms with Crippen LogP contribution in [0.1, 0.15) is 42.9 Å². The van der Waals surface area contributed by atoms with E-state index in [9.17, 15) is 23.1 Å². The van der Waals surface area contributed by atoms with Crippen LogP contribution in [0.4, 0.5) is 13.2 Å². The molecule has 3 aliphatic heterocycles. The Kier molecular flexibility index (Phi) is 3.81. The van der Waals surface area contributed by atoms with Crippen molar-refractivity contribution in [1.29, 1.82) is 0 Å². The van der Waals surface area contributed by atoms with Gasteiger partial charge in [0.1, 0.15) is 6.10 Å². The Morgan fingerprint density at radius 3 is 2.68 bits per heavy atom. The highest BCUT2D eigenvalue weighted by Gasteiger charge is 2.62. The third-order valence-corrected chi connectivity index (χ3v) is 6.57. The van der Waals surface area contributed by atoms with Gasteiger partial charge >= 0.3 is 12.1 Å². The van der Waals surface area contributed by atoms with Crippen LogP contribution in [-0.4, -0.2) is 40.2 Å². The molecule has 28 heavy (non-hydrogen) atoms. The molecule has 4 nitrogen and oxygen atoms in total. The molecule has 3 heterocycles. The molecule has 1 aromatic carbocycles. The standard InChI is InChI=1S/C21H20F3NO3/c22-21(23,24)13-6-4-12(5-7-13)18(26)17-15-9-8-14-11-20(15,28-19(17)27)16-3-1-2-10-25(14)16/h4-9,14,16,18,26H,1-3,10-11H2/t14-,16-,18?,20+/m1/s1. The Morgan fingerprint density at radius 1 is 1.21 bits per heavy atom. The summed E-state index contributed by atoms with van der Waals surface area (Å²) in [6.45, 7) is 0.961. The van der Waals surface area contributed by atoms with Gasteiger partial charge in [0.25, 0.3) is 0 Å². The number of halogens is 3. The molecule has 0 aromatic heterocycles. The Bertz CT molecular complexity index is 889. The van der Waals surface area contributed by atoms with Crippen molar-refractivity contribution in [2.75, 3.05) is 6.54 Å². The molecule has 0 radical (unpaired) electrons. The zero-order valence-corrected chi connectivity index (χ0v) is 15.1. The molecule has 4 aliphatic rings. The van der Waals surface area contributed by atoms with Gasteiger partial charge < -0.3 is 9.84 Å². The molecule has 1 spiro atoms. The van der Waals surface area contributed by atoms with Gasteiger partial charge in [-0.2, -0.15) is 13.2 Å². The summed E-state index contributed by atoms with van der Waals surface area (Å²) in [7, 11) is 0. The largest absolute Gasteiger partial charge is 0.449 e. The molecule has 1 unspecified atom stereocenters. The van der Waals surface area contributed by atoms with E-state index in [1.54, 1.807) is 0 Å². The van der Waals surface area contributed by atoms with Gasteiger partial charge in [-0.1, -0.05) is 30.7 Å². The van der Waals surface area contributed by atoms with E-state index >= 15 is 0 Å². The zero-order chi connectivity index (χ0) is 19.7. The minimum Gasteiger partial charge on any atom is -0.449 e. The van der Waals surface area contributed by atoms with Crippen molar-refractivity contribution < 1.29 is 27.8 Å². The summed E-state index contributed by atoms with van der Waals surface area (Å²) < 4.78 is 44.3. The number of piperidine rings is 1. The molecule has 2 bridgehead atoms. The first kappa shape index (κ1) is 17.9. The fourth-order valence-corrected chi connectivity index (χ4v) is 5.32. The predicted molar refractivity (Wildman–Crippen MR) is 94.1 cm³/mol. The summed E-state index contributed by atoms with van der Waals surface area (Å²) in [4.78, 5) is 15.1. The van der Waals surface area contributed by atoms with E-state index in [1.807, 2.05) is 6.08 Å². The number of fused-ring (bicyclic) bond motifs is 3. The fourth-order valence-electron chi connectivity index (χ4n) is 5.32. The van der Waals surface area contributed by atoms with Crippen molar-refractivity contribution in [3.05, 3.63) is 58.7 Å². The number of nitrogens with zero attached hydrogens (tertiary/aromatic N) is 1. The van der Waals surface area contributed by atoms with Crippen LogP contribution in [0, 0.1) is 0 Å². The first-order valence-corrected chi connectivity index (χ1v) is 9.58. The molecule has 2 fully saturated rings. The molecule has 2 saturated heterocycles. The first-order chi connectivity index (χ1) is 13.3. The number of ether oxygens (including phenoxy) is 1. The van der Waals surface area contributed by atoms with Crippen molar-refractivity contribution in [1.82, 2.24) is 4.90 Å². The van der Waals surface area contributed by atoms with Gasteiger partial charge in [0, 0.05) is 18.0 Å². The van der Waals surface area contributed by atoms with E-state index < -0.39 is 29.4 Å². The minimum absolute atomic E-state index is 0.0949. The number of aliphatic hydroxyl groups excluding tert-OH is 1. The van der Waals surface area contributed by atoms with Crippen molar-refractivity contribution >= 4 is 5.97 Å². The predicted octanol–water partition coefficient (Wildman–Crippen LogP) is 3.53. The second kappa shape index (κ2) is 5.94. The van der Waals surface area contributed by atoms with Gasteiger partial charge in [-0.05, 0) is 37.1 Å². The fraction of sp³-hybridized carbons (Fsp3) is 0.476. The number of benzene rings is 1. The normalized spacial score (nSPS) is 32.9. The Morgan fingerprint density at radius 2 is 1.96 bits per heavy atom. The van der Waals surface area contributed by atoms with Crippen LogP contribution in [0.25, 0.3) is 0 Å². The Hall–Kier alpha value is -2.12. The number of aliphatic hydroxyl groups is 1. The van der Waals surface area contributed by atoms with Crippen LogP contribution in [0.2, 0.25) is 0 Å². The number of carbonyl (C=O) groups excluding carboxylic acids is 1. The molecule has 0 amide bonds. The lowest BCUT2D eigenvalue weighted by Gasteiger charge is -2.37. The number of esters is 1. The number of hydrogen-bond donors (Lipinski definition) is 1. The van der Waals surface area contributed by atoms with E-state index in [4.69, 9.17) is 4.74 Å². The SMILES string of the molecule is O=C1O[C@@]23C[C@@H](C=CC2=C1C(O)c1ccc(C(F)(F)F)cc1)N1CCCC[C@@H]13. The van der Waals surface area contributed by atoms with Crippen molar-refractivity contribution in [3.63, 3.8) is 0 Å². The summed E-state index contributed by atoms with van der Waals surface area (Å²) in [5, 5.41) is 10.9. The third kappa shape index (κ3) is 2.42. The highest BCUT2D eigenvalue weighted by Crippen LogP contribution is 2.54. The van der Waals surface area contributed by atoms with E-state index in [1.165, 1.54) is 12.1 Å². The Labute approximate surface area is 160 Å². The van der Waals surface area contributed by atoms with Crippen LogP contribution >= 0.6 is 0 Å². The van der Waals surface area contributed by atoms with Crippen LogP contribution in [0.5, 0.6) is 0 Å². The van der Waals surface area contributed by atoms with Gasteiger partial charge in [0.15, 0.2) is 5.60 Å². The maximum absolute atomic E-state index is 12.8. The van der Waals surface area contributed by atoms with Crippen LogP contribution in [0.3, 0.4) is 0 Å². The summed E-state index contributed by atoms with van der Waals surface area (Å²) in [6, 6.07) is 4.60. The van der Waals surface area contributed by atoms with Crippen LogP contribution < -0.4 is 0 Å². The number of rotatable bonds is 2. The van der Waals surface area contributed by atoms with E-state index in [0.29, 0.717) is 12.0 Å². The summed E-state index contributed by atoms with van der Waals surface area (Å²) in [6.07, 6.45) is 1.96. The Balaban J connectivity index is 1.54. The minimum atomic E-state index is -4.45. The van der Waals surface area contributed by atoms with Gasteiger partial charge in [-0.3, -0.25) is 4.90 Å². The summed E-state index contributed by atoms with van der Waals surface area (Å²) in [5.41, 5.74) is -0.435. The lowest BCUT2D eigenvalue weighted by Crippen LogP contribution is -2.48. The molecule has 148 valence electrons. The highest BCUT2D eigenvalue weighted by atomic mass is 19.4. The molecule has 4 atom stereocenters. The average Bonchev–Trinajstić information content (AvgIpc) is 3.11. The summed E-state index contributed by atoms with van der Waals surface area (Å²) in [5.74, 6) is -0.569. The van der Waals surface area contributed by atoms with Crippen molar-refractivity contribution in [2.24, 2.45) is 0 Å².